The van der Waals surface area contributed by atoms with Gasteiger partial charge in [0.15, 0.2) is 0 Å². The van der Waals surface area contributed by atoms with Gasteiger partial charge in [-0.15, -0.1) is 0 Å². The molecule has 3 heteroatoms. The van der Waals surface area contributed by atoms with Crippen LogP contribution in [0.15, 0.2) is 64.6 Å². The third kappa shape index (κ3) is 11.5. The molecule has 2 aliphatic rings. The molecule has 2 aromatic carbocycles. The molecule has 0 bridgehead atoms. The minimum absolute atomic E-state index is 0.582. The van der Waals surface area contributed by atoms with Crippen molar-refractivity contribution in [1.29, 1.82) is 0 Å². The van der Waals surface area contributed by atoms with E-state index in [0.717, 1.165) is 22.8 Å². The summed E-state index contributed by atoms with van der Waals surface area (Å²) in [7, 11) is 0. The van der Waals surface area contributed by atoms with E-state index < -0.39 is 0 Å². The quantitative estimate of drug-likeness (QED) is 0.240. The zero-order chi connectivity index (χ0) is 35.0. The first-order chi connectivity index (χ1) is 24.5. The minimum Gasteiger partial charge on any atom is -0.251 e. The number of benzene rings is 2. The van der Waals surface area contributed by atoms with Gasteiger partial charge in [0.25, 0.3) is 0 Å². The van der Waals surface area contributed by atoms with Crippen LogP contribution in [0.1, 0.15) is 201 Å². The maximum Gasteiger partial charge on any atom is 0.0849 e. The zero-order valence-electron chi connectivity index (χ0n) is 32.2. The molecule has 1 aromatic heterocycles. The van der Waals surface area contributed by atoms with Gasteiger partial charge in [-0.25, -0.2) is 4.98 Å². The Hall–Kier alpha value is -3.07. The lowest BCUT2D eigenvalue weighted by molar-refractivity contribution is 0.467. The number of para-hydroxylation sites is 2. The summed E-state index contributed by atoms with van der Waals surface area (Å²) in [4.78, 5) is 15.9. The Bertz CT molecular complexity index is 1400. The summed E-state index contributed by atoms with van der Waals surface area (Å²) in [5, 5.41) is 0. The maximum atomic E-state index is 5.36. The smallest absolute Gasteiger partial charge is 0.0849 e. The van der Waals surface area contributed by atoms with Gasteiger partial charge in [-0.05, 0) is 99.6 Å². The topological polar surface area (TPSA) is 37.6 Å². The van der Waals surface area contributed by atoms with Crippen molar-refractivity contribution in [2.75, 3.05) is 0 Å². The van der Waals surface area contributed by atoms with Crippen molar-refractivity contribution in [1.82, 2.24) is 4.98 Å². The molecular formula is C47H67N3. The summed E-state index contributed by atoms with van der Waals surface area (Å²) in [6.07, 6.45) is 29.9. The Balaban J connectivity index is 1.39. The second-order valence-electron chi connectivity index (χ2n) is 15.7. The summed E-state index contributed by atoms with van der Waals surface area (Å²) >= 11 is 0. The first kappa shape index (κ1) is 38.2. The van der Waals surface area contributed by atoms with Gasteiger partial charge in [-0.1, -0.05) is 158 Å². The van der Waals surface area contributed by atoms with Crippen molar-refractivity contribution >= 4 is 22.8 Å². The van der Waals surface area contributed by atoms with Crippen molar-refractivity contribution in [3.05, 3.63) is 88.2 Å². The molecule has 3 aromatic rings. The normalized spacial score (nSPS) is 19.5. The molecule has 0 atom stereocenters. The number of pyridine rings is 1. The number of hydrogen-bond acceptors (Lipinski definition) is 3. The highest BCUT2D eigenvalue weighted by Gasteiger charge is 2.19. The van der Waals surface area contributed by atoms with Gasteiger partial charge in [0, 0.05) is 0 Å². The maximum absolute atomic E-state index is 5.36. The fraction of sp³-hybridized carbons (Fsp3) is 0.596. The molecule has 50 heavy (non-hydrogen) atoms. The van der Waals surface area contributed by atoms with Gasteiger partial charge in [-0.2, -0.15) is 0 Å². The van der Waals surface area contributed by atoms with Crippen LogP contribution in [0.3, 0.4) is 0 Å². The monoisotopic (exact) mass is 674 g/mol. The number of nitrogens with zero attached hydrogens (tertiary/aromatic N) is 3. The van der Waals surface area contributed by atoms with Crippen LogP contribution in [0.2, 0.25) is 0 Å². The van der Waals surface area contributed by atoms with Crippen LogP contribution in [-0.2, 0) is 0 Å². The van der Waals surface area contributed by atoms with E-state index >= 15 is 0 Å². The molecule has 0 radical (unpaired) electrons. The molecule has 270 valence electrons. The molecule has 1 heterocycles. The van der Waals surface area contributed by atoms with Crippen LogP contribution in [-0.4, -0.2) is 16.4 Å². The first-order valence-electron chi connectivity index (χ1n) is 20.8. The standard InChI is InChI=1S/C47H67N3/c1-36-26-23-32-42(40-28-19-15-11-7-5-8-12-16-20-29-40)46(36)48-38(3)44-34-25-35-45(50-44)39(4)49-47-37(2)27-24-33-43(47)41-30-21-17-13-9-6-10-14-18-22-31-41/h23-27,32-35,40-41H,5-22,28-31H2,1-4H3. The highest BCUT2D eigenvalue weighted by molar-refractivity contribution is 6.02. The summed E-state index contributed by atoms with van der Waals surface area (Å²) < 4.78 is 0. The van der Waals surface area contributed by atoms with Crippen LogP contribution >= 0.6 is 0 Å². The second-order valence-corrected chi connectivity index (χ2v) is 15.7. The average Bonchev–Trinajstić information content (AvgIpc) is 3.11. The van der Waals surface area contributed by atoms with Gasteiger partial charge in [0.05, 0.1) is 34.2 Å². The Morgan fingerprint density at radius 3 is 1.08 bits per heavy atom. The zero-order valence-corrected chi connectivity index (χ0v) is 32.2. The van der Waals surface area contributed by atoms with Crippen molar-refractivity contribution in [2.45, 2.75) is 181 Å². The Kier molecular flexibility index (Phi) is 15.8. The third-order valence-electron chi connectivity index (χ3n) is 11.7. The largest absolute Gasteiger partial charge is 0.251 e. The third-order valence-corrected chi connectivity index (χ3v) is 11.7. The predicted molar refractivity (Wildman–Crippen MR) is 217 cm³/mol. The summed E-state index contributed by atoms with van der Waals surface area (Å²) in [6.45, 7) is 8.74. The van der Waals surface area contributed by atoms with Crippen LogP contribution in [0, 0.1) is 13.8 Å². The molecule has 0 spiro atoms. The van der Waals surface area contributed by atoms with E-state index in [9.17, 15) is 0 Å². The predicted octanol–water partition coefficient (Wildman–Crippen LogP) is 14.8. The molecule has 0 N–H and O–H groups in total. The molecule has 2 aliphatic carbocycles. The van der Waals surface area contributed by atoms with Gasteiger partial charge in [0.1, 0.15) is 0 Å². The van der Waals surface area contributed by atoms with Gasteiger partial charge < -0.3 is 0 Å². The van der Waals surface area contributed by atoms with Gasteiger partial charge in [0.2, 0.25) is 0 Å². The molecule has 3 nitrogen and oxygen atoms in total. The molecule has 0 unspecified atom stereocenters. The second kappa shape index (κ2) is 20.7. The lowest BCUT2D eigenvalue weighted by Gasteiger charge is -2.21. The van der Waals surface area contributed by atoms with Crippen LogP contribution < -0.4 is 0 Å². The molecule has 2 fully saturated rings. The van der Waals surface area contributed by atoms with E-state index in [4.69, 9.17) is 15.0 Å². The van der Waals surface area contributed by atoms with Crippen LogP contribution in [0.25, 0.3) is 0 Å². The average molecular weight is 674 g/mol. The van der Waals surface area contributed by atoms with E-state index in [1.807, 2.05) is 0 Å². The van der Waals surface area contributed by atoms with Crippen molar-refractivity contribution < 1.29 is 0 Å². The molecular weight excluding hydrogens is 607 g/mol. The number of rotatable bonds is 6. The van der Waals surface area contributed by atoms with Crippen molar-refractivity contribution in [2.24, 2.45) is 9.98 Å². The number of aryl methyl sites for hydroxylation is 2. The van der Waals surface area contributed by atoms with E-state index in [2.05, 4.69) is 82.3 Å². The first-order valence-corrected chi connectivity index (χ1v) is 20.8. The van der Waals surface area contributed by atoms with Crippen LogP contribution in [0.5, 0.6) is 0 Å². The highest BCUT2D eigenvalue weighted by Crippen LogP contribution is 2.39. The lowest BCUT2D eigenvalue weighted by atomic mass is 9.85. The number of aromatic nitrogens is 1. The Morgan fingerprint density at radius 1 is 0.440 bits per heavy atom. The summed E-state index contributed by atoms with van der Waals surface area (Å²) in [5.41, 5.74) is 11.6. The lowest BCUT2D eigenvalue weighted by Crippen LogP contribution is -2.07. The van der Waals surface area contributed by atoms with E-state index in [0.29, 0.717) is 11.8 Å². The van der Waals surface area contributed by atoms with Gasteiger partial charge >= 0.3 is 0 Å². The van der Waals surface area contributed by atoms with Crippen LogP contribution in [0.4, 0.5) is 11.4 Å². The molecule has 5 rings (SSSR count). The van der Waals surface area contributed by atoms with E-state index in [-0.39, 0.29) is 0 Å². The molecule has 0 amide bonds. The number of aliphatic imine (C=N–C) groups is 2. The molecule has 2 saturated carbocycles. The van der Waals surface area contributed by atoms with Crippen molar-refractivity contribution in [3.63, 3.8) is 0 Å². The van der Waals surface area contributed by atoms with Gasteiger partial charge in [-0.3, -0.25) is 9.98 Å². The Labute approximate surface area is 305 Å². The highest BCUT2D eigenvalue weighted by atomic mass is 14.8. The number of hydrogen-bond donors (Lipinski definition) is 0. The fourth-order valence-electron chi connectivity index (χ4n) is 8.56. The minimum atomic E-state index is 0.582. The summed E-state index contributed by atoms with van der Waals surface area (Å²) in [5.74, 6) is 1.16. The molecule has 0 aliphatic heterocycles. The Morgan fingerprint density at radius 2 is 0.740 bits per heavy atom. The fourth-order valence-corrected chi connectivity index (χ4v) is 8.56. The molecule has 0 saturated heterocycles. The summed E-state index contributed by atoms with van der Waals surface area (Å²) in [6, 6.07) is 20.0. The van der Waals surface area contributed by atoms with E-state index in [1.54, 1.807) is 0 Å². The van der Waals surface area contributed by atoms with Crippen molar-refractivity contribution in [3.8, 4) is 0 Å². The SMILES string of the molecule is CC(=Nc1c(C)cccc1C1CCCCCCCCCCC1)c1cccc(C(C)=Nc2c(C)cccc2C2CCCCCCCCCCC2)n1. The van der Waals surface area contributed by atoms with E-state index in [1.165, 1.54) is 175 Å².